The molecule has 6 nitrogen and oxygen atoms in total. The second-order valence-corrected chi connectivity index (χ2v) is 7.05. The maximum atomic E-state index is 13.2. The van der Waals surface area contributed by atoms with Crippen molar-refractivity contribution < 1.29 is 23.5 Å². The van der Waals surface area contributed by atoms with Gasteiger partial charge in [-0.05, 0) is 23.3 Å². The van der Waals surface area contributed by atoms with E-state index >= 15 is 0 Å². The third-order valence-corrected chi connectivity index (χ3v) is 4.57. The Hall–Kier alpha value is -3.87. The molecule has 32 heavy (non-hydrogen) atoms. The van der Waals surface area contributed by atoms with Crippen LogP contribution in [-0.4, -0.2) is 31.2 Å². The van der Waals surface area contributed by atoms with Crippen LogP contribution in [-0.2, 0) is 22.6 Å². The Kier molecular flexibility index (Phi) is 8.62. The Balaban J connectivity index is 1.52. The van der Waals surface area contributed by atoms with Crippen molar-refractivity contribution in [2.75, 3.05) is 13.2 Å². The summed E-state index contributed by atoms with van der Waals surface area (Å²) in [5.41, 5.74) is 1.74. The van der Waals surface area contributed by atoms with Gasteiger partial charge in [-0.3, -0.25) is 4.79 Å². The van der Waals surface area contributed by atoms with Crippen LogP contribution in [0.1, 0.15) is 11.1 Å². The lowest BCUT2D eigenvalue weighted by atomic mass is 10.1. The van der Waals surface area contributed by atoms with Gasteiger partial charge in [0.15, 0.2) is 0 Å². The molecule has 0 aliphatic carbocycles. The van der Waals surface area contributed by atoms with Crippen molar-refractivity contribution in [3.63, 3.8) is 0 Å². The number of hydrogen-bond acceptors (Lipinski definition) is 4. The molecule has 3 rings (SSSR count). The molecule has 0 aromatic heterocycles. The fourth-order valence-corrected chi connectivity index (χ4v) is 2.99. The third-order valence-electron chi connectivity index (χ3n) is 4.57. The second kappa shape index (κ2) is 12.1. The highest BCUT2D eigenvalue weighted by Crippen LogP contribution is 2.11. The number of alkyl carbamates (subject to hydrolysis) is 1. The van der Waals surface area contributed by atoms with Crippen molar-refractivity contribution in [1.29, 1.82) is 0 Å². The highest BCUT2D eigenvalue weighted by atomic mass is 19.1. The third kappa shape index (κ3) is 7.75. The zero-order valence-electron chi connectivity index (χ0n) is 17.5. The van der Waals surface area contributed by atoms with E-state index in [1.807, 2.05) is 60.7 Å². The number of hydrogen-bond donors (Lipinski definition) is 2. The maximum absolute atomic E-state index is 13.2. The van der Waals surface area contributed by atoms with Crippen molar-refractivity contribution in [1.82, 2.24) is 10.6 Å². The topological polar surface area (TPSA) is 76.7 Å². The molecule has 166 valence electrons. The normalized spacial score (nSPS) is 11.3. The number of ether oxygens (including phenoxy) is 2. The van der Waals surface area contributed by atoms with Crippen LogP contribution < -0.4 is 15.4 Å². The van der Waals surface area contributed by atoms with Crippen LogP contribution in [0.15, 0.2) is 84.9 Å². The SMILES string of the molecule is O=C(N[C@@H](Cc1ccccc1)C(=O)NCCOc1cccc(F)c1)OCc1ccccc1. The van der Waals surface area contributed by atoms with Gasteiger partial charge in [0.05, 0.1) is 6.54 Å². The van der Waals surface area contributed by atoms with Gasteiger partial charge in [-0.25, -0.2) is 9.18 Å². The Bertz CT molecular complexity index is 999. The number of amides is 2. The molecular weight excluding hydrogens is 411 g/mol. The zero-order valence-corrected chi connectivity index (χ0v) is 17.5. The van der Waals surface area contributed by atoms with E-state index in [0.717, 1.165) is 11.1 Å². The van der Waals surface area contributed by atoms with Gasteiger partial charge in [-0.2, -0.15) is 0 Å². The van der Waals surface area contributed by atoms with Crippen LogP contribution in [0.5, 0.6) is 5.75 Å². The molecule has 0 aliphatic rings. The van der Waals surface area contributed by atoms with Crippen LogP contribution in [0.2, 0.25) is 0 Å². The number of benzene rings is 3. The zero-order chi connectivity index (χ0) is 22.6. The van der Waals surface area contributed by atoms with Gasteiger partial charge in [0.2, 0.25) is 5.91 Å². The van der Waals surface area contributed by atoms with E-state index in [2.05, 4.69) is 10.6 Å². The van der Waals surface area contributed by atoms with Gasteiger partial charge in [-0.15, -0.1) is 0 Å². The highest BCUT2D eigenvalue weighted by Gasteiger charge is 2.22. The van der Waals surface area contributed by atoms with Gasteiger partial charge in [0.25, 0.3) is 0 Å². The van der Waals surface area contributed by atoms with Crippen LogP contribution in [0.25, 0.3) is 0 Å². The van der Waals surface area contributed by atoms with Crippen molar-refractivity contribution in [3.8, 4) is 5.75 Å². The average molecular weight is 436 g/mol. The first kappa shape index (κ1) is 22.8. The molecule has 0 unspecified atom stereocenters. The summed E-state index contributed by atoms with van der Waals surface area (Å²) in [4.78, 5) is 25.0. The first-order chi connectivity index (χ1) is 15.6. The van der Waals surface area contributed by atoms with Crippen LogP contribution in [0.3, 0.4) is 0 Å². The fourth-order valence-electron chi connectivity index (χ4n) is 2.99. The summed E-state index contributed by atoms with van der Waals surface area (Å²) in [5.74, 6) is -0.385. The van der Waals surface area contributed by atoms with E-state index < -0.39 is 18.0 Å². The van der Waals surface area contributed by atoms with E-state index in [4.69, 9.17) is 9.47 Å². The average Bonchev–Trinajstić information content (AvgIpc) is 2.81. The molecule has 0 heterocycles. The molecular formula is C25H25FN2O4. The lowest BCUT2D eigenvalue weighted by Crippen LogP contribution is -2.48. The molecule has 0 bridgehead atoms. The van der Waals surface area contributed by atoms with Crippen molar-refractivity contribution >= 4 is 12.0 Å². The number of rotatable bonds is 10. The summed E-state index contributed by atoms with van der Waals surface area (Å²) in [6.45, 7) is 0.459. The molecule has 0 radical (unpaired) electrons. The fraction of sp³-hybridized carbons (Fsp3) is 0.200. The monoisotopic (exact) mass is 436 g/mol. The molecule has 3 aromatic carbocycles. The van der Waals surface area contributed by atoms with Crippen LogP contribution >= 0.6 is 0 Å². The van der Waals surface area contributed by atoms with Crippen molar-refractivity contribution in [2.45, 2.75) is 19.1 Å². The largest absolute Gasteiger partial charge is 0.492 e. The molecule has 1 atom stereocenters. The second-order valence-electron chi connectivity index (χ2n) is 7.05. The molecule has 0 saturated carbocycles. The summed E-state index contributed by atoms with van der Waals surface area (Å²) >= 11 is 0. The van der Waals surface area contributed by atoms with E-state index in [1.165, 1.54) is 12.1 Å². The summed E-state index contributed by atoms with van der Waals surface area (Å²) in [6, 6.07) is 23.6. The molecule has 0 aliphatic heterocycles. The van der Waals surface area contributed by atoms with Gasteiger partial charge in [0, 0.05) is 12.5 Å². The number of halogens is 1. The van der Waals surface area contributed by atoms with E-state index in [1.54, 1.807) is 12.1 Å². The number of carbonyl (C=O) groups is 2. The first-order valence-corrected chi connectivity index (χ1v) is 10.3. The van der Waals surface area contributed by atoms with Crippen LogP contribution in [0.4, 0.5) is 9.18 Å². The minimum atomic E-state index is -0.824. The quantitative estimate of drug-likeness (QED) is 0.473. The van der Waals surface area contributed by atoms with Gasteiger partial charge >= 0.3 is 6.09 Å². The minimum Gasteiger partial charge on any atom is -0.492 e. The summed E-state index contributed by atoms with van der Waals surface area (Å²) in [5, 5.41) is 5.38. The van der Waals surface area contributed by atoms with Crippen molar-refractivity contribution in [2.24, 2.45) is 0 Å². The Morgan fingerprint density at radius 3 is 2.25 bits per heavy atom. The van der Waals surface area contributed by atoms with Crippen LogP contribution in [0, 0.1) is 5.82 Å². The molecule has 7 heteroatoms. The predicted molar refractivity (Wildman–Crippen MR) is 119 cm³/mol. The molecule has 2 N–H and O–H groups in total. The van der Waals surface area contributed by atoms with E-state index in [9.17, 15) is 14.0 Å². The molecule has 3 aromatic rings. The Morgan fingerprint density at radius 1 is 0.875 bits per heavy atom. The lowest BCUT2D eigenvalue weighted by molar-refractivity contribution is -0.123. The van der Waals surface area contributed by atoms with E-state index in [0.29, 0.717) is 12.2 Å². The molecule has 0 saturated heterocycles. The number of nitrogens with one attached hydrogen (secondary N) is 2. The first-order valence-electron chi connectivity index (χ1n) is 10.3. The highest BCUT2D eigenvalue weighted by molar-refractivity contribution is 5.85. The molecule has 0 fully saturated rings. The Morgan fingerprint density at radius 2 is 1.56 bits per heavy atom. The summed E-state index contributed by atoms with van der Waals surface area (Å²) < 4.78 is 23.9. The van der Waals surface area contributed by atoms with Crippen molar-refractivity contribution in [3.05, 3.63) is 102 Å². The molecule has 2 amide bonds. The predicted octanol–water partition coefficient (Wildman–Crippen LogP) is 3.86. The maximum Gasteiger partial charge on any atom is 0.408 e. The molecule has 0 spiro atoms. The minimum absolute atomic E-state index is 0.105. The van der Waals surface area contributed by atoms with Gasteiger partial charge < -0.3 is 20.1 Å². The van der Waals surface area contributed by atoms with Gasteiger partial charge in [-0.1, -0.05) is 66.7 Å². The Labute approximate surface area is 186 Å². The lowest BCUT2D eigenvalue weighted by Gasteiger charge is -2.19. The smallest absolute Gasteiger partial charge is 0.408 e. The summed E-state index contributed by atoms with van der Waals surface area (Å²) in [6.07, 6.45) is -0.376. The number of carbonyl (C=O) groups excluding carboxylic acids is 2. The summed E-state index contributed by atoms with van der Waals surface area (Å²) in [7, 11) is 0. The van der Waals surface area contributed by atoms with Gasteiger partial charge in [0.1, 0.15) is 30.8 Å². The van der Waals surface area contributed by atoms with E-state index in [-0.39, 0.29) is 25.7 Å². The standard InChI is InChI=1S/C25H25FN2O4/c26-21-12-7-13-22(17-21)31-15-14-27-24(29)23(16-19-8-3-1-4-9-19)28-25(30)32-18-20-10-5-2-6-11-20/h1-13,17,23H,14-16,18H2,(H,27,29)(H,28,30)/t23-/m0/s1.